The van der Waals surface area contributed by atoms with Crippen LogP contribution in [0.25, 0.3) is 0 Å². The summed E-state index contributed by atoms with van der Waals surface area (Å²) < 4.78 is 19.8. The summed E-state index contributed by atoms with van der Waals surface area (Å²) in [7, 11) is 0. The molecule has 1 amide bonds. The van der Waals surface area contributed by atoms with Gasteiger partial charge >= 0.3 is 0 Å². The van der Waals surface area contributed by atoms with Gasteiger partial charge in [0.15, 0.2) is 0 Å². The molecule has 1 saturated heterocycles. The number of carbonyl (C=O) groups is 1. The lowest BCUT2D eigenvalue weighted by Crippen LogP contribution is -2.37. The zero-order valence-corrected chi connectivity index (χ0v) is 13.0. The van der Waals surface area contributed by atoms with Crippen LogP contribution in [-0.2, 0) is 11.3 Å². The van der Waals surface area contributed by atoms with Crippen molar-refractivity contribution in [3.8, 4) is 0 Å². The fraction of sp³-hybridized carbons (Fsp3) is 0.389. The standard InChI is InChI=1S/C18H21FN2O2/c19-17(15-6-2-1-3-7-15)18(22)21-10-5-9-20(11-12-21)14-16-8-4-13-23-16/h1-4,6-8,13,17H,5,9-12,14H2. The molecule has 1 aromatic heterocycles. The minimum Gasteiger partial charge on any atom is -0.468 e. The summed E-state index contributed by atoms with van der Waals surface area (Å²) >= 11 is 0. The van der Waals surface area contributed by atoms with Gasteiger partial charge in [0.25, 0.3) is 5.91 Å². The Morgan fingerprint density at radius 1 is 1.09 bits per heavy atom. The van der Waals surface area contributed by atoms with E-state index >= 15 is 0 Å². The Balaban J connectivity index is 1.58. The number of furan rings is 1. The number of hydrogen-bond acceptors (Lipinski definition) is 3. The average Bonchev–Trinajstić information content (AvgIpc) is 2.99. The first-order valence-electron chi connectivity index (χ1n) is 7.96. The molecule has 1 aliphatic heterocycles. The second-order valence-electron chi connectivity index (χ2n) is 5.81. The van der Waals surface area contributed by atoms with Crippen molar-refractivity contribution in [3.05, 3.63) is 60.1 Å². The summed E-state index contributed by atoms with van der Waals surface area (Å²) in [5.41, 5.74) is 0.425. The molecule has 23 heavy (non-hydrogen) atoms. The van der Waals surface area contributed by atoms with Gasteiger partial charge in [-0.2, -0.15) is 0 Å². The number of rotatable bonds is 4. The monoisotopic (exact) mass is 316 g/mol. The minimum atomic E-state index is -1.58. The zero-order valence-electron chi connectivity index (χ0n) is 13.0. The Bertz CT molecular complexity index is 615. The van der Waals surface area contributed by atoms with Gasteiger partial charge in [-0.3, -0.25) is 9.69 Å². The van der Waals surface area contributed by atoms with Crippen LogP contribution in [0.3, 0.4) is 0 Å². The molecule has 0 aliphatic carbocycles. The highest BCUT2D eigenvalue weighted by atomic mass is 19.1. The normalized spacial score (nSPS) is 17.7. The molecule has 3 rings (SSSR count). The summed E-state index contributed by atoms with van der Waals surface area (Å²) in [5, 5.41) is 0. The Morgan fingerprint density at radius 3 is 2.65 bits per heavy atom. The Hall–Kier alpha value is -2.14. The largest absolute Gasteiger partial charge is 0.468 e. The predicted octanol–water partition coefficient (Wildman–Crippen LogP) is 3.02. The van der Waals surface area contributed by atoms with Crippen molar-refractivity contribution in [2.75, 3.05) is 26.2 Å². The topological polar surface area (TPSA) is 36.7 Å². The molecule has 5 heteroatoms. The highest BCUT2D eigenvalue weighted by Gasteiger charge is 2.27. The highest BCUT2D eigenvalue weighted by molar-refractivity contribution is 5.82. The van der Waals surface area contributed by atoms with Gasteiger partial charge in [-0.05, 0) is 24.1 Å². The van der Waals surface area contributed by atoms with E-state index in [1.165, 1.54) is 0 Å². The number of hydrogen-bond donors (Lipinski definition) is 0. The van der Waals surface area contributed by atoms with Gasteiger partial charge in [-0.1, -0.05) is 30.3 Å². The first kappa shape index (κ1) is 15.7. The van der Waals surface area contributed by atoms with Crippen LogP contribution in [0.15, 0.2) is 53.1 Å². The summed E-state index contributed by atoms with van der Waals surface area (Å²) in [6.45, 7) is 3.49. The first-order chi connectivity index (χ1) is 11.2. The number of alkyl halides is 1. The third-order valence-corrected chi connectivity index (χ3v) is 4.17. The van der Waals surface area contributed by atoms with Crippen molar-refractivity contribution in [2.45, 2.75) is 19.1 Å². The maximum atomic E-state index is 14.4. The van der Waals surface area contributed by atoms with E-state index in [0.29, 0.717) is 18.7 Å². The maximum Gasteiger partial charge on any atom is 0.261 e. The molecular weight excluding hydrogens is 295 g/mol. The van der Waals surface area contributed by atoms with E-state index in [1.54, 1.807) is 35.4 Å². The smallest absolute Gasteiger partial charge is 0.261 e. The van der Waals surface area contributed by atoms with Crippen LogP contribution < -0.4 is 0 Å². The number of nitrogens with zero attached hydrogens (tertiary/aromatic N) is 2. The molecule has 122 valence electrons. The molecule has 1 aliphatic rings. The van der Waals surface area contributed by atoms with E-state index in [4.69, 9.17) is 4.42 Å². The van der Waals surface area contributed by atoms with Crippen LogP contribution in [0.2, 0.25) is 0 Å². The molecule has 1 fully saturated rings. The van der Waals surface area contributed by atoms with Crippen LogP contribution in [0.5, 0.6) is 0 Å². The van der Waals surface area contributed by atoms with Crippen molar-refractivity contribution >= 4 is 5.91 Å². The first-order valence-corrected chi connectivity index (χ1v) is 7.96. The lowest BCUT2D eigenvalue weighted by molar-refractivity contribution is -0.136. The second-order valence-corrected chi connectivity index (χ2v) is 5.81. The van der Waals surface area contributed by atoms with Gasteiger partial charge in [0, 0.05) is 26.2 Å². The molecule has 0 saturated carbocycles. The zero-order chi connectivity index (χ0) is 16.1. The fourth-order valence-electron chi connectivity index (χ4n) is 2.90. The van der Waals surface area contributed by atoms with Crippen molar-refractivity contribution in [1.82, 2.24) is 9.80 Å². The number of benzene rings is 1. The lowest BCUT2D eigenvalue weighted by atomic mass is 10.1. The summed E-state index contributed by atoms with van der Waals surface area (Å²) in [5.74, 6) is 0.480. The van der Waals surface area contributed by atoms with Crippen molar-refractivity contribution < 1.29 is 13.6 Å². The van der Waals surface area contributed by atoms with E-state index in [0.717, 1.165) is 31.8 Å². The maximum absolute atomic E-state index is 14.4. The van der Waals surface area contributed by atoms with Crippen LogP contribution in [0, 0.1) is 0 Å². The van der Waals surface area contributed by atoms with Gasteiger partial charge in [0.1, 0.15) is 5.76 Å². The summed E-state index contributed by atoms with van der Waals surface area (Å²) in [6.07, 6.45) is 0.928. The third kappa shape index (κ3) is 3.99. The number of carbonyl (C=O) groups excluding carboxylic acids is 1. The van der Waals surface area contributed by atoms with E-state index in [-0.39, 0.29) is 0 Å². The fourth-order valence-corrected chi connectivity index (χ4v) is 2.90. The SMILES string of the molecule is O=C(C(F)c1ccccc1)N1CCCN(Cc2ccco2)CC1. The molecule has 0 spiro atoms. The van der Waals surface area contributed by atoms with Gasteiger partial charge in [0.2, 0.25) is 6.17 Å². The predicted molar refractivity (Wildman–Crippen MR) is 85.5 cm³/mol. The second kappa shape index (κ2) is 7.42. The number of amides is 1. The van der Waals surface area contributed by atoms with Gasteiger partial charge in [0.05, 0.1) is 12.8 Å². The van der Waals surface area contributed by atoms with E-state index < -0.39 is 12.1 Å². The van der Waals surface area contributed by atoms with Gasteiger partial charge < -0.3 is 9.32 Å². The van der Waals surface area contributed by atoms with Gasteiger partial charge in [-0.15, -0.1) is 0 Å². The molecule has 0 bridgehead atoms. The lowest BCUT2D eigenvalue weighted by Gasteiger charge is -2.23. The Kier molecular flexibility index (Phi) is 5.08. The molecule has 2 aromatic rings. The molecule has 2 heterocycles. The molecule has 0 N–H and O–H groups in total. The van der Waals surface area contributed by atoms with Crippen LogP contribution in [-0.4, -0.2) is 41.9 Å². The molecule has 0 radical (unpaired) electrons. The van der Waals surface area contributed by atoms with Gasteiger partial charge in [-0.25, -0.2) is 4.39 Å². The van der Waals surface area contributed by atoms with E-state index in [2.05, 4.69) is 4.90 Å². The quantitative estimate of drug-likeness (QED) is 0.870. The molecular formula is C18H21FN2O2. The average molecular weight is 316 g/mol. The third-order valence-electron chi connectivity index (χ3n) is 4.17. The Morgan fingerprint density at radius 2 is 1.91 bits per heavy atom. The van der Waals surface area contributed by atoms with Crippen LogP contribution >= 0.6 is 0 Å². The van der Waals surface area contributed by atoms with Crippen molar-refractivity contribution in [2.24, 2.45) is 0 Å². The number of halogens is 1. The molecule has 1 aromatic carbocycles. The molecule has 1 atom stereocenters. The summed E-state index contributed by atoms with van der Waals surface area (Å²) in [6, 6.07) is 12.5. The van der Waals surface area contributed by atoms with E-state index in [1.807, 2.05) is 18.2 Å². The van der Waals surface area contributed by atoms with Crippen molar-refractivity contribution in [3.63, 3.8) is 0 Å². The Labute approximate surface area is 135 Å². The van der Waals surface area contributed by atoms with Crippen molar-refractivity contribution in [1.29, 1.82) is 0 Å². The molecule has 1 unspecified atom stereocenters. The molecule has 4 nitrogen and oxygen atoms in total. The summed E-state index contributed by atoms with van der Waals surface area (Å²) in [4.78, 5) is 16.3. The van der Waals surface area contributed by atoms with Crippen LogP contribution in [0.1, 0.15) is 23.9 Å². The minimum absolute atomic E-state index is 0.425. The highest BCUT2D eigenvalue weighted by Crippen LogP contribution is 2.21. The van der Waals surface area contributed by atoms with E-state index in [9.17, 15) is 9.18 Å². The van der Waals surface area contributed by atoms with Crippen LogP contribution in [0.4, 0.5) is 4.39 Å².